The van der Waals surface area contributed by atoms with Gasteiger partial charge in [0.1, 0.15) is 5.82 Å². The van der Waals surface area contributed by atoms with E-state index in [2.05, 4.69) is 13.8 Å². The Morgan fingerprint density at radius 3 is 2.53 bits per heavy atom. The standard InChI is InChI=1S/C14H22FNS/c1-4-10(3)17-14-7-6-11(9-13(14)15)8-12(16)5-2/h6-7,9-10,12H,4-5,8,16H2,1-3H3. The van der Waals surface area contributed by atoms with Crippen molar-refractivity contribution in [1.82, 2.24) is 0 Å². The molecule has 1 rings (SSSR count). The first-order chi connectivity index (χ1) is 8.06. The van der Waals surface area contributed by atoms with Crippen LogP contribution in [0.15, 0.2) is 23.1 Å². The molecule has 2 N–H and O–H groups in total. The molecule has 17 heavy (non-hydrogen) atoms. The lowest BCUT2D eigenvalue weighted by Crippen LogP contribution is -2.21. The van der Waals surface area contributed by atoms with Crippen molar-refractivity contribution in [1.29, 1.82) is 0 Å². The molecule has 0 spiro atoms. The minimum Gasteiger partial charge on any atom is -0.327 e. The smallest absolute Gasteiger partial charge is 0.137 e. The van der Waals surface area contributed by atoms with Gasteiger partial charge in [0.15, 0.2) is 0 Å². The van der Waals surface area contributed by atoms with Crippen LogP contribution in [0.1, 0.15) is 39.2 Å². The van der Waals surface area contributed by atoms with Crippen molar-refractivity contribution >= 4 is 11.8 Å². The van der Waals surface area contributed by atoms with Gasteiger partial charge in [-0.1, -0.05) is 26.8 Å². The molecule has 1 aromatic carbocycles. The van der Waals surface area contributed by atoms with E-state index < -0.39 is 0 Å². The van der Waals surface area contributed by atoms with Crippen LogP contribution in [-0.2, 0) is 6.42 Å². The summed E-state index contributed by atoms with van der Waals surface area (Å²) >= 11 is 1.60. The minimum atomic E-state index is -0.115. The second-order valence-electron chi connectivity index (χ2n) is 4.47. The van der Waals surface area contributed by atoms with Crippen LogP contribution in [0.4, 0.5) is 4.39 Å². The molecule has 0 aliphatic heterocycles. The largest absolute Gasteiger partial charge is 0.327 e. The van der Waals surface area contributed by atoms with Crippen molar-refractivity contribution in [2.24, 2.45) is 5.73 Å². The number of benzene rings is 1. The summed E-state index contributed by atoms with van der Waals surface area (Å²) in [7, 11) is 0. The molecule has 2 atom stereocenters. The minimum absolute atomic E-state index is 0.115. The second kappa shape index (κ2) is 7.02. The Bertz CT molecular complexity index is 354. The lowest BCUT2D eigenvalue weighted by molar-refractivity contribution is 0.592. The first-order valence-corrected chi connectivity index (χ1v) is 7.15. The lowest BCUT2D eigenvalue weighted by Gasteiger charge is -2.12. The van der Waals surface area contributed by atoms with Crippen molar-refractivity contribution in [2.75, 3.05) is 0 Å². The number of hydrogen-bond donors (Lipinski definition) is 1. The lowest BCUT2D eigenvalue weighted by atomic mass is 10.0. The van der Waals surface area contributed by atoms with Crippen LogP contribution in [0.3, 0.4) is 0 Å². The Kier molecular flexibility index (Phi) is 6.00. The average molecular weight is 255 g/mol. The van der Waals surface area contributed by atoms with E-state index >= 15 is 0 Å². The Morgan fingerprint density at radius 2 is 2.00 bits per heavy atom. The highest BCUT2D eigenvalue weighted by Crippen LogP contribution is 2.28. The van der Waals surface area contributed by atoms with Gasteiger partial charge in [-0.05, 0) is 37.0 Å². The van der Waals surface area contributed by atoms with E-state index in [1.54, 1.807) is 17.8 Å². The van der Waals surface area contributed by atoms with Gasteiger partial charge in [-0.15, -0.1) is 11.8 Å². The van der Waals surface area contributed by atoms with Crippen LogP contribution < -0.4 is 5.73 Å². The molecule has 0 radical (unpaired) electrons. The van der Waals surface area contributed by atoms with Crippen LogP contribution in [0.5, 0.6) is 0 Å². The predicted molar refractivity (Wildman–Crippen MR) is 74.0 cm³/mol. The summed E-state index contributed by atoms with van der Waals surface area (Å²) in [5.74, 6) is -0.115. The first kappa shape index (κ1) is 14.5. The van der Waals surface area contributed by atoms with Crippen LogP contribution in [0.25, 0.3) is 0 Å². The Morgan fingerprint density at radius 1 is 1.29 bits per heavy atom. The van der Waals surface area contributed by atoms with Crippen molar-refractivity contribution in [3.8, 4) is 0 Å². The molecular weight excluding hydrogens is 233 g/mol. The third kappa shape index (κ3) is 4.68. The normalized spacial score (nSPS) is 14.6. The fraction of sp³-hybridized carbons (Fsp3) is 0.571. The molecule has 0 heterocycles. The number of hydrogen-bond acceptors (Lipinski definition) is 2. The molecule has 96 valence electrons. The molecule has 3 heteroatoms. The molecule has 2 unspecified atom stereocenters. The molecule has 1 aromatic rings. The fourth-order valence-corrected chi connectivity index (χ4v) is 2.43. The van der Waals surface area contributed by atoms with Crippen molar-refractivity contribution in [3.05, 3.63) is 29.6 Å². The zero-order valence-corrected chi connectivity index (χ0v) is 11.7. The monoisotopic (exact) mass is 255 g/mol. The van der Waals surface area contributed by atoms with Crippen molar-refractivity contribution in [3.63, 3.8) is 0 Å². The van der Waals surface area contributed by atoms with E-state index in [0.29, 0.717) is 5.25 Å². The predicted octanol–water partition coefficient (Wildman–Crippen LogP) is 4.00. The molecule has 0 saturated carbocycles. The Balaban J connectivity index is 2.72. The SMILES string of the molecule is CCC(N)Cc1ccc(SC(C)CC)c(F)c1. The number of nitrogens with two attached hydrogens (primary N) is 1. The quantitative estimate of drug-likeness (QED) is 0.778. The van der Waals surface area contributed by atoms with E-state index in [1.807, 2.05) is 19.1 Å². The summed E-state index contributed by atoms with van der Waals surface area (Å²) in [6.07, 6.45) is 2.72. The molecule has 0 amide bonds. The second-order valence-corrected chi connectivity index (χ2v) is 5.95. The average Bonchev–Trinajstić information content (AvgIpc) is 2.32. The molecule has 0 saturated heterocycles. The summed E-state index contributed by atoms with van der Waals surface area (Å²) in [5.41, 5.74) is 6.86. The van der Waals surface area contributed by atoms with Gasteiger partial charge in [0.2, 0.25) is 0 Å². The zero-order chi connectivity index (χ0) is 12.8. The maximum absolute atomic E-state index is 13.8. The van der Waals surface area contributed by atoms with E-state index in [4.69, 9.17) is 5.73 Å². The van der Waals surface area contributed by atoms with Crippen molar-refractivity contribution in [2.45, 2.75) is 56.2 Å². The van der Waals surface area contributed by atoms with E-state index in [-0.39, 0.29) is 11.9 Å². The fourth-order valence-electron chi connectivity index (χ4n) is 1.51. The Hall–Kier alpha value is -0.540. The van der Waals surface area contributed by atoms with E-state index in [0.717, 1.165) is 29.7 Å². The number of thioether (sulfide) groups is 1. The Labute approximate surface area is 108 Å². The van der Waals surface area contributed by atoms with Crippen LogP contribution in [0, 0.1) is 5.82 Å². The summed E-state index contributed by atoms with van der Waals surface area (Å²) in [5, 5.41) is 0.452. The van der Waals surface area contributed by atoms with Crippen LogP contribution in [0.2, 0.25) is 0 Å². The summed E-state index contributed by atoms with van der Waals surface area (Å²) in [6.45, 7) is 6.28. The highest BCUT2D eigenvalue weighted by Gasteiger charge is 2.09. The maximum Gasteiger partial charge on any atom is 0.137 e. The van der Waals surface area contributed by atoms with Gasteiger partial charge in [-0.3, -0.25) is 0 Å². The molecule has 0 aliphatic carbocycles. The van der Waals surface area contributed by atoms with Gasteiger partial charge in [0, 0.05) is 16.2 Å². The van der Waals surface area contributed by atoms with Gasteiger partial charge in [0.05, 0.1) is 0 Å². The van der Waals surface area contributed by atoms with E-state index in [1.165, 1.54) is 0 Å². The molecule has 0 aromatic heterocycles. The maximum atomic E-state index is 13.8. The highest BCUT2D eigenvalue weighted by molar-refractivity contribution is 7.99. The molecular formula is C14H22FNS. The van der Waals surface area contributed by atoms with Crippen molar-refractivity contribution < 1.29 is 4.39 Å². The molecule has 1 nitrogen and oxygen atoms in total. The van der Waals surface area contributed by atoms with Gasteiger partial charge in [-0.25, -0.2) is 4.39 Å². The number of halogens is 1. The van der Waals surface area contributed by atoms with Gasteiger partial charge >= 0.3 is 0 Å². The van der Waals surface area contributed by atoms with Gasteiger partial charge < -0.3 is 5.73 Å². The van der Waals surface area contributed by atoms with Gasteiger partial charge in [0.25, 0.3) is 0 Å². The molecule has 0 bridgehead atoms. The van der Waals surface area contributed by atoms with E-state index in [9.17, 15) is 4.39 Å². The summed E-state index contributed by atoms with van der Waals surface area (Å²) in [4.78, 5) is 0.744. The first-order valence-electron chi connectivity index (χ1n) is 6.27. The summed E-state index contributed by atoms with van der Waals surface area (Å²) < 4.78 is 13.8. The summed E-state index contributed by atoms with van der Waals surface area (Å²) in [6, 6.07) is 5.62. The highest BCUT2D eigenvalue weighted by atomic mass is 32.2. The van der Waals surface area contributed by atoms with Crippen LogP contribution >= 0.6 is 11.8 Å². The third-order valence-electron chi connectivity index (χ3n) is 2.92. The van der Waals surface area contributed by atoms with Crippen LogP contribution in [-0.4, -0.2) is 11.3 Å². The molecule has 0 fully saturated rings. The third-order valence-corrected chi connectivity index (χ3v) is 4.24. The van der Waals surface area contributed by atoms with Gasteiger partial charge in [-0.2, -0.15) is 0 Å². The number of rotatable bonds is 6. The zero-order valence-electron chi connectivity index (χ0n) is 10.9. The topological polar surface area (TPSA) is 26.0 Å². The molecule has 0 aliphatic rings.